The van der Waals surface area contributed by atoms with Crippen molar-refractivity contribution in [2.75, 3.05) is 0 Å². The average Bonchev–Trinajstić information content (AvgIpc) is 2.33. The lowest BCUT2D eigenvalue weighted by atomic mass is 10.0. The number of ether oxygens (including phenoxy) is 1. The van der Waals surface area contributed by atoms with Crippen molar-refractivity contribution >= 4 is 17.6 Å². The van der Waals surface area contributed by atoms with Gasteiger partial charge in [0.05, 0.1) is 6.10 Å². The first-order valence-corrected chi connectivity index (χ1v) is 6.33. The second-order valence-electron chi connectivity index (χ2n) is 5.15. The monoisotopic (exact) mass is 297 g/mol. The molecule has 1 aromatic carbocycles. The second kappa shape index (κ2) is 6.61. The number of carbonyl (C=O) groups is 1. The molecule has 0 radical (unpaired) electrons. The fraction of sp³-hybridized carbons (Fsp3) is 0.462. The molecule has 0 saturated carbocycles. The number of benzene rings is 1. The molecule has 20 heavy (non-hydrogen) atoms. The van der Waals surface area contributed by atoms with E-state index in [1.165, 1.54) is 0 Å². The number of aliphatic hydroxyl groups excluding tert-OH is 1. The predicted molar refractivity (Wildman–Crippen MR) is 75.2 cm³/mol. The summed E-state index contributed by atoms with van der Waals surface area (Å²) >= 11 is 5.95. The van der Waals surface area contributed by atoms with Crippen molar-refractivity contribution in [2.24, 2.45) is 5.11 Å². The standard InChI is InChI=1S/C13H16ClN3O3/c1-13(2,3)20-12(19)10(16-17-15)11(18)8-6-4-5-7-9(8)14/h4-7,10-11,18H,1-3H3. The van der Waals surface area contributed by atoms with Gasteiger partial charge in [-0.15, -0.1) is 0 Å². The zero-order chi connectivity index (χ0) is 15.3. The lowest BCUT2D eigenvalue weighted by Crippen LogP contribution is -2.34. The third-order valence-corrected chi connectivity index (χ3v) is 2.69. The molecule has 0 aliphatic rings. The molecule has 1 aromatic rings. The lowest BCUT2D eigenvalue weighted by molar-refractivity contribution is -0.159. The molecule has 0 aliphatic carbocycles. The van der Waals surface area contributed by atoms with Crippen LogP contribution in [0.3, 0.4) is 0 Å². The van der Waals surface area contributed by atoms with E-state index in [1.807, 2.05) is 0 Å². The van der Waals surface area contributed by atoms with E-state index in [0.29, 0.717) is 5.56 Å². The van der Waals surface area contributed by atoms with Crippen molar-refractivity contribution < 1.29 is 14.6 Å². The highest BCUT2D eigenvalue weighted by molar-refractivity contribution is 6.31. The maximum atomic E-state index is 12.0. The Kier molecular flexibility index (Phi) is 5.39. The predicted octanol–water partition coefficient (Wildman–Crippen LogP) is 3.39. The smallest absolute Gasteiger partial charge is 0.318 e. The average molecular weight is 298 g/mol. The molecule has 0 fully saturated rings. The highest BCUT2D eigenvalue weighted by Gasteiger charge is 2.32. The summed E-state index contributed by atoms with van der Waals surface area (Å²) in [5, 5.41) is 13.8. The number of hydrogen-bond donors (Lipinski definition) is 1. The van der Waals surface area contributed by atoms with Crippen molar-refractivity contribution in [3.63, 3.8) is 0 Å². The number of carbonyl (C=O) groups excluding carboxylic acids is 1. The maximum absolute atomic E-state index is 12.0. The van der Waals surface area contributed by atoms with Gasteiger partial charge in [0, 0.05) is 15.5 Å². The zero-order valence-corrected chi connectivity index (χ0v) is 12.2. The van der Waals surface area contributed by atoms with Crippen LogP contribution in [0.2, 0.25) is 5.02 Å². The van der Waals surface area contributed by atoms with Crippen LogP contribution < -0.4 is 0 Å². The molecule has 6 nitrogen and oxygen atoms in total. The molecule has 0 bridgehead atoms. The van der Waals surface area contributed by atoms with E-state index in [1.54, 1.807) is 45.0 Å². The van der Waals surface area contributed by atoms with Crippen molar-refractivity contribution in [2.45, 2.75) is 38.5 Å². The van der Waals surface area contributed by atoms with E-state index < -0.39 is 23.7 Å². The van der Waals surface area contributed by atoms with Crippen LogP contribution in [0.15, 0.2) is 29.4 Å². The van der Waals surface area contributed by atoms with Gasteiger partial charge in [0.2, 0.25) is 0 Å². The minimum atomic E-state index is -1.39. The highest BCUT2D eigenvalue weighted by Crippen LogP contribution is 2.28. The molecule has 0 aliphatic heterocycles. The van der Waals surface area contributed by atoms with Gasteiger partial charge in [-0.25, -0.2) is 0 Å². The number of halogens is 1. The van der Waals surface area contributed by atoms with Crippen LogP contribution in [0.5, 0.6) is 0 Å². The van der Waals surface area contributed by atoms with Crippen LogP contribution in [-0.2, 0) is 9.53 Å². The minimum absolute atomic E-state index is 0.279. The Balaban J connectivity index is 3.05. The first kappa shape index (κ1) is 16.3. The number of nitrogens with zero attached hydrogens (tertiary/aromatic N) is 3. The van der Waals surface area contributed by atoms with Crippen LogP contribution in [0.4, 0.5) is 0 Å². The van der Waals surface area contributed by atoms with Crippen molar-refractivity contribution in [1.29, 1.82) is 0 Å². The van der Waals surface area contributed by atoms with Gasteiger partial charge >= 0.3 is 5.97 Å². The number of azide groups is 1. The van der Waals surface area contributed by atoms with E-state index in [0.717, 1.165) is 0 Å². The lowest BCUT2D eigenvalue weighted by Gasteiger charge is -2.24. The van der Waals surface area contributed by atoms with Crippen LogP contribution >= 0.6 is 11.6 Å². The SMILES string of the molecule is CC(C)(C)OC(=O)C(N=[N+]=[N-])C(O)c1ccccc1Cl. The second-order valence-corrected chi connectivity index (χ2v) is 5.56. The Morgan fingerprint density at radius 2 is 2.05 bits per heavy atom. The summed E-state index contributed by atoms with van der Waals surface area (Å²) in [5.41, 5.74) is 8.11. The number of hydrogen-bond acceptors (Lipinski definition) is 4. The molecule has 2 atom stereocenters. The molecule has 2 unspecified atom stereocenters. The summed E-state index contributed by atoms with van der Waals surface area (Å²) in [7, 11) is 0. The highest BCUT2D eigenvalue weighted by atomic mass is 35.5. The molecule has 1 N–H and O–H groups in total. The van der Waals surface area contributed by atoms with Crippen LogP contribution in [0, 0.1) is 0 Å². The summed E-state index contributed by atoms with van der Waals surface area (Å²) in [5.74, 6) is -0.803. The Hall–Kier alpha value is -1.75. The van der Waals surface area contributed by atoms with Gasteiger partial charge in [0.25, 0.3) is 0 Å². The third kappa shape index (κ3) is 4.42. The van der Waals surface area contributed by atoms with Crippen LogP contribution in [0.25, 0.3) is 10.4 Å². The minimum Gasteiger partial charge on any atom is -0.460 e. The van der Waals surface area contributed by atoms with Gasteiger partial charge < -0.3 is 9.84 Å². The Labute approximate surface area is 121 Å². The van der Waals surface area contributed by atoms with E-state index in [4.69, 9.17) is 21.9 Å². The summed E-state index contributed by atoms with van der Waals surface area (Å²) in [4.78, 5) is 14.6. The van der Waals surface area contributed by atoms with Gasteiger partial charge in [-0.1, -0.05) is 34.9 Å². The molecule has 1 rings (SSSR count). The first-order valence-electron chi connectivity index (χ1n) is 5.96. The summed E-state index contributed by atoms with van der Waals surface area (Å²) in [6, 6.07) is 5.08. The Morgan fingerprint density at radius 3 is 2.55 bits per heavy atom. The molecular weight excluding hydrogens is 282 g/mol. The van der Waals surface area contributed by atoms with E-state index in [9.17, 15) is 9.90 Å². The maximum Gasteiger partial charge on any atom is 0.318 e. The Morgan fingerprint density at radius 1 is 1.45 bits per heavy atom. The largest absolute Gasteiger partial charge is 0.460 e. The quantitative estimate of drug-likeness (QED) is 0.399. The number of aliphatic hydroxyl groups is 1. The zero-order valence-electron chi connectivity index (χ0n) is 11.4. The first-order chi connectivity index (χ1) is 9.26. The normalized spacial score (nSPS) is 14.1. The van der Waals surface area contributed by atoms with Crippen molar-refractivity contribution in [1.82, 2.24) is 0 Å². The summed E-state index contributed by atoms with van der Waals surface area (Å²) in [6.45, 7) is 5.04. The molecule has 0 aromatic heterocycles. The van der Waals surface area contributed by atoms with Gasteiger partial charge in [0.1, 0.15) is 5.60 Å². The van der Waals surface area contributed by atoms with Crippen molar-refractivity contribution in [3.05, 3.63) is 45.3 Å². The molecule has 108 valence electrons. The number of rotatable bonds is 4. The van der Waals surface area contributed by atoms with Crippen LogP contribution in [0.1, 0.15) is 32.4 Å². The fourth-order valence-electron chi connectivity index (χ4n) is 1.54. The third-order valence-electron chi connectivity index (χ3n) is 2.35. The van der Waals surface area contributed by atoms with E-state index in [2.05, 4.69) is 10.0 Å². The molecular formula is C13H16ClN3O3. The summed E-state index contributed by atoms with van der Waals surface area (Å²) in [6.07, 6.45) is -1.37. The van der Waals surface area contributed by atoms with E-state index >= 15 is 0 Å². The van der Waals surface area contributed by atoms with Gasteiger partial charge in [0.15, 0.2) is 6.04 Å². The topological polar surface area (TPSA) is 95.3 Å². The van der Waals surface area contributed by atoms with Gasteiger partial charge in [-0.05, 0) is 32.4 Å². The summed E-state index contributed by atoms with van der Waals surface area (Å²) < 4.78 is 5.13. The van der Waals surface area contributed by atoms with Crippen molar-refractivity contribution in [3.8, 4) is 0 Å². The molecule has 0 heterocycles. The van der Waals surface area contributed by atoms with Crippen LogP contribution in [-0.4, -0.2) is 22.7 Å². The fourth-order valence-corrected chi connectivity index (χ4v) is 1.79. The number of esters is 1. The molecule has 0 saturated heterocycles. The van der Waals surface area contributed by atoms with E-state index in [-0.39, 0.29) is 5.02 Å². The Bertz CT molecular complexity index is 536. The van der Waals surface area contributed by atoms with Gasteiger partial charge in [-0.2, -0.15) is 0 Å². The molecule has 0 amide bonds. The molecule has 7 heteroatoms. The van der Waals surface area contributed by atoms with Gasteiger partial charge in [-0.3, -0.25) is 4.79 Å². The molecule has 0 spiro atoms.